The summed E-state index contributed by atoms with van der Waals surface area (Å²) >= 11 is 1.52. The molecule has 1 amide bonds. The Morgan fingerprint density at radius 2 is 2.05 bits per heavy atom. The minimum Gasteiger partial charge on any atom is -0.339 e. The number of nitrogens with zero attached hydrogens (tertiary/aromatic N) is 2. The highest BCUT2D eigenvalue weighted by molar-refractivity contribution is 7.16. The molecule has 0 aliphatic carbocycles. The predicted molar refractivity (Wildman–Crippen MR) is 86.2 cm³/mol. The van der Waals surface area contributed by atoms with Crippen LogP contribution in [0.25, 0.3) is 10.7 Å². The van der Waals surface area contributed by atoms with Crippen LogP contribution in [0.3, 0.4) is 0 Å². The van der Waals surface area contributed by atoms with Crippen LogP contribution in [-0.2, 0) is 0 Å². The second-order valence-electron chi connectivity index (χ2n) is 5.04. The summed E-state index contributed by atoms with van der Waals surface area (Å²) in [4.78, 5) is 18.4. The first-order chi connectivity index (χ1) is 10.5. The molecule has 0 aliphatic heterocycles. The van der Waals surface area contributed by atoms with E-state index in [1.807, 2.05) is 38.1 Å². The number of hydrogen-bond acceptors (Lipinski definition) is 5. The summed E-state index contributed by atoms with van der Waals surface area (Å²) in [6.07, 6.45) is 0. The summed E-state index contributed by atoms with van der Waals surface area (Å²) in [5, 5.41) is 6.84. The molecular weight excluding hydrogens is 298 g/mol. The van der Waals surface area contributed by atoms with Crippen molar-refractivity contribution in [2.45, 2.75) is 20.8 Å². The standard InChI is InChI=1S/C16H15N3O2S/c1-9-5-4-6-12(7-9)16(20)18-13-8-14(22-10(13)2)15-17-11(3)21-19-15/h4-8H,1-3H3,(H,18,20). The van der Waals surface area contributed by atoms with Crippen LogP contribution in [0, 0.1) is 20.8 Å². The number of thiophene rings is 1. The summed E-state index contributed by atoms with van der Waals surface area (Å²) in [5.41, 5.74) is 2.47. The van der Waals surface area contributed by atoms with Gasteiger partial charge in [-0.1, -0.05) is 22.9 Å². The number of rotatable bonds is 3. The second kappa shape index (κ2) is 5.73. The topological polar surface area (TPSA) is 68.0 Å². The van der Waals surface area contributed by atoms with E-state index in [2.05, 4.69) is 15.5 Å². The normalized spacial score (nSPS) is 10.7. The minimum atomic E-state index is -0.125. The van der Waals surface area contributed by atoms with Crippen molar-refractivity contribution in [3.8, 4) is 10.7 Å². The Morgan fingerprint density at radius 1 is 1.23 bits per heavy atom. The third kappa shape index (κ3) is 2.92. The van der Waals surface area contributed by atoms with E-state index < -0.39 is 0 Å². The molecule has 2 aromatic heterocycles. The lowest BCUT2D eigenvalue weighted by Crippen LogP contribution is -2.11. The van der Waals surface area contributed by atoms with Gasteiger partial charge < -0.3 is 9.84 Å². The van der Waals surface area contributed by atoms with Gasteiger partial charge in [0, 0.05) is 17.4 Å². The van der Waals surface area contributed by atoms with Crippen molar-refractivity contribution >= 4 is 22.9 Å². The first-order valence-corrected chi connectivity index (χ1v) is 7.64. The lowest BCUT2D eigenvalue weighted by Gasteiger charge is -2.04. The number of benzene rings is 1. The lowest BCUT2D eigenvalue weighted by molar-refractivity contribution is 0.102. The molecule has 3 rings (SSSR count). The van der Waals surface area contributed by atoms with Crippen LogP contribution >= 0.6 is 11.3 Å². The van der Waals surface area contributed by atoms with Crippen molar-refractivity contribution < 1.29 is 9.32 Å². The summed E-state index contributed by atoms with van der Waals surface area (Å²) in [6.45, 7) is 5.66. The van der Waals surface area contributed by atoms with Gasteiger partial charge in [0.1, 0.15) is 0 Å². The predicted octanol–water partition coefficient (Wildman–Crippen LogP) is 3.98. The molecule has 112 valence electrons. The number of anilines is 1. The third-order valence-electron chi connectivity index (χ3n) is 3.19. The Balaban J connectivity index is 1.84. The van der Waals surface area contributed by atoms with Crippen LogP contribution in [-0.4, -0.2) is 16.0 Å². The first-order valence-electron chi connectivity index (χ1n) is 6.82. The van der Waals surface area contributed by atoms with Gasteiger partial charge in [-0.15, -0.1) is 11.3 Å². The van der Waals surface area contributed by atoms with Crippen LogP contribution < -0.4 is 5.32 Å². The molecule has 1 aromatic carbocycles. The minimum absolute atomic E-state index is 0.125. The van der Waals surface area contributed by atoms with Gasteiger partial charge in [0.25, 0.3) is 5.91 Å². The molecule has 1 N–H and O–H groups in total. The van der Waals surface area contributed by atoms with Crippen LogP contribution in [0.1, 0.15) is 26.7 Å². The summed E-state index contributed by atoms with van der Waals surface area (Å²) in [6, 6.07) is 9.37. The van der Waals surface area contributed by atoms with Crippen LogP contribution in [0.5, 0.6) is 0 Å². The molecule has 5 nitrogen and oxygen atoms in total. The fourth-order valence-electron chi connectivity index (χ4n) is 2.10. The van der Waals surface area contributed by atoms with Crippen LogP contribution in [0.4, 0.5) is 5.69 Å². The number of hydrogen-bond donors (Lipinski definition) is 1. The Morgan fingerprint density at radius 3 is 2.73 bits per heavy atom. The third-order valence-corrected chi connectivity index (χ3v) is 4.24. The summed E-state index contributed by atoms with van der Waals surface area (Å²) < 4.78 is 4.99. The van der Waals surface area contributed by atoms with E-state index in [0.717, 1.165) is 21.0 Å². The maximum Gasteiger partial charge on any atom is 0.255 e. The molecule has 0 saturated carbocycles. The molecule has 6 heteroatoms. The lowest BCUT2D eigenvalue weighted by atomic mass is 10.1. The highest BCUT2D eigenvalue weighted by Crippen LogP contribution is 2.32. The number of carbonyl (C=O) groups excluding carboxylic acids is 1. The monoisotopic (exact) mass is 313 g/mol. The van der Waals surface area contributed by atoms with Gasteiger partial charge in [0.15, 0.2) is 0 Å². The highest BCUT2D eigenvalue weighted by atomic mass is 32.1. The first kappa shape index (κ1) is 14.5. The number of aryl methyl sites for hydroxylation is 3. The number of amides is 1. The van der Waals surface area contributed by atoms with Gasteiger partial charge in [-0.25, -0.2) is 0 Å². The maximum atomic E-state index is 12.3. The average molecular weight is 313 g/mol. The molecule has 0 fully saturated rings. The van der Waals surface area contributed by atoms with Gasteiger partial charge in [-0.05, 0) is 32.0 Å². The van der Waals surface area contributed by atoms with E-state index in [9.17, 15) is 4.79 Å². The molecule has 0 radical (unpaired) electrons. The van der Waals surface area contributed by atoms with Crippen molar-refractivity contribution in [1.82, 2.24) is 10.1 Å². The fourth-order valence-corrected chi connectivity index (χ4v) is 3.00. The molecule has 0 saturated heterocycles. The Bertz CT molecular complexity index is 836. The van der Waals surface area contributed by atoms with Crippen molar-refractivity contribution in [3.05, 3.63) is 52.2 Å². The zero-order chi connectivity index (χ0) is 15.7. The molecule has 0 aliphatic rings. The molecule has 2 heterocycles. The van der Waals surface area contributed by atoms with E-state index in [1.165, 1.54) is 11.3 Å². The molecule has 0 spiro atoms. The van der Waals surface area contributed by atoms with Gasteiger partial charge in [0.2, 0.25) is 11.7 Å². The van der Waals surface area contributed by atoms with Crippen molar-refractivity contribution in [1.29, 1.82) is 0 Å². The largest absolute Gasteiger partial charge is 0.339 e. The van der Waals surface area contributed by atoms with Crippen LogP contribution in [0.2, 0.25) is 0 Å². The zero-order valence-corrected chi connectivity index (χ0v) is 13.3. The average Bonchev–Trinajstić information content (AvgIpc) is 3.06. The van der Waals surface area contributed by atoms with E-state index in [0.29, 0.717) is 17.3 Å². The molecular formula is C16H15N3O2S. The molecule has 22 heavy (non-hydrogen) atoms. The van der Waals surface area contributed by atoms with E-state index in [1.54, 1.807) is 13.0 Å². The number of carbonyl (C=O) groups is 1. The maximum absolute atomic E-state index is 12.3. The van der Waals surface area contributed by atoms with Gasteiger partial charge in [-0.3, -0.25) is 4.79 Å². The second-order valence-corrected chi connectivity index (χ2v) is 6.30. The van der Waals surface area contributed by atoms with E-state index >= 15 is 0 Å². The van der Waals surface area contributed by atoms with Crippen molar-refractivity contribution in [3.63, 3.8) is 0 Å². The van der Waals surface area contributed by atoms with E-state index in [4.69, 9.17) is 4.52 Å². The van der Waals surface area contributed by atoms with Gasteiger partial charge in [-0.2, -0.15) is 4.98 Å². The smallest absolute Gasteiger partial charge is 0.255 e. The Kier molecular flexibility index (Phi) is 3.77. The van der Waals surface area contributed by atoms with Crippen molar-refractivity contribution in [2.75, 3.05) is 5.32 Å². The van der Waals surface area contributed by atoms with E-state index in [-0.39, 0.29) is 5.91 Å². The highest BCUT2D eigenvalue weighted by Gasteiger charge is 2.14. The number of aromatic nitrogens is 2. The number of nitrogens with one attached hydrogen (secondary N) is 1. The quantitative estimate of drug-likeness (QED) is 0.794. The van der Waals surface area contributed by atoms with Gasteiger partial charge in [0.05, 0.1) is 10.6 Å². The SMILES string of the molecule is Cc1cccc(C(=O)Nc2cc(-c3noc(C)n3)sc2C)c1. The van der Waals surface area contributed by atoms with Crippen molar-refractivity contribution in [2.24, 2.45) is 0 Å². The molecule has 0 atom stereocenters. The Hall–Kier alpha value is -2.47. The summed E-state index contributed by atoms with van der Waals surface area (Å²) in [7, 11) is 0. The summed E-state index contributed by atoms with van der Waals surface area (Å²) in [5.74, 6) is 0.938. The Labute approximate surface area is 132 Å². The molecule has 3 aromatic rings. The fraction of sp³-hybridized carbons (Fsp3) is 0.188. The van der Waals surface area contributed by atoms with Gasteiger partial charge >= 0.3 is 0 Å². The molecule has 0 unspecified atom stereocenters. The van der Waals surface area contributed by atoms with Crippen LogP contribution in [0.15, 0.2) is 34.9 Å². The molecule has 0 bridgehead atoms. The zero-order valence-electron chi connectivity index (χ0n) is 12.5.